The number of pyridine rings is 1. The zero-order chi connectivity index (χ0) is 12.5. The van der Waals surface area contributed by atoms with E-state index in [1.807, 2.05) is 6.20 Å². The summed E-state index contributed by atoms with van der Waals surface area (Å²) in [5.41, 5.74) is 7.48. The molecule has 18 heavy (non-hydrogen) atoms. The molecule has 1 aliphatic carbocycles. The average molecular weight is 246 g/mol. The normalized spacial score (nSPS) is 27.6. The van der Waals surface area contributed by atoms with Crippen molar-refractivity contribution in [3.8, 4) is 0 Å². The van der Waals surface area contributed by atoms with Gasteiger partial charge in [0.2, 0.25) is 0 Å². The molecule has 2 fully saturated rings. The van der Waals surface area contributed by atoms with Crippen molar-refractivity contribution in [3.05, 3.63) is 24.0 Å². The number of aromatic nitrogens is 1. The molecular weight excluding hydrogens is 228 g/mol. The summed E-state index contributed by atoms with van der Waals surface area (Å²) in [6.45, 7) is 2.14. The lowest BCUT2D eigenvalue weighted by Gasteiger charge is -2.21. The molecule has 1 saturated carbocycles. The predicted molar refractivity (Wildman–Crippen MR) is 69.8 cm³/mol. The molecule has 3 N–H and O–H groups in total. The minimum Gasteiger partial charge on any atom is -0.409 e. The van der Waals surface area contributed by atoms with Crippen molar-refractivity contribution in [2.45, 2.75) is 19.3 Å². The molecule has 0 aromatic carbocycles. The second-order valence-corrected chi connectivity index (χ2v) is 5.23. The van der Waals surface area contributed by atoms with Gasteiger partial charge in [0.1, 0.15) is 0 Å². The number of oxime groups is 1. The first-order valence-corrected chi connectivity index (χ1v) is 6.46. The van der Waals surface area contributed by atoms with Crippen LogP contribution in [0, 0.1) is 11.8 Å². The van der Waals surface area contributed by atoms with E-state index in [9.17, 15) is 0 Å². The van der Waals surface area contributed by atoms with Crippen LogP contribution in [0.3, 0.4) is 0 Å². The maximum atomic E-state index is 8.84. The van der Waals surface area contributed by atoms with E-state index in [2.05, 4.69) is 15.0 Å². The first kappa shape index (κ1) is 11.3. The van der Waals surface area contributed by atoms with Crippen molar-refractivity contribution in [2.24, 2.45) is 22.7 Å². The molecule has 0 bridgehead atoms. The van der Waals surface area contributed by atoms with Gasteiger partial charge in [0, 0.05) is 24.8 Å². The molecule has 5 nitrogen and oxygen atoms in total. The van der Waals surface area contributed by atoms with E-state index in [0.29, 0.717) is 0 Å². The van der Waals surface area contributed by atoms with Gasteiger partial charge in [0.15, 0.2) is 5.84 Å². The van der Waals surface area contributed by atoms with Crippen molar-refractivity contribution in [2.75, 3.05) is 18.0 Å². The lowest BCUT2D eigenvalue weighted by Crippen LogP contribution is -2.25. The number of nitrogens with zero attached hydrogens (tertiary/aromatic N) is 3. The molecule has 3 rings (SSSR count). The molecule has 2 heterocycles. The van der Waals surface area contributed by atoms with E-state index >= 15 is 0 Å². The molecule has 0 spiro atoms. The van der Waals surface area contributed by atoms with E-state index in [4.69, 9.17) is 10.9 Å². The Labute approximate surface area is 106 Å². The minimum atomic E-state index is 0.157. The van der Waals surface area contributed by atoms with Crippen LogP contribution in [-0.2, 0) is 0 Å². The molecule has 2 unspecified atom stereocenters. The highest BCUT2D eigenvalue weighted by Crippen LogP contribution is 2.40. The molecule has 2 atom stereocenters. The quantitative estimate of drug-likeness (QED) is 0.358. The van der Waals surface area contributed by atoms with Gasteiger partial charge in [-0.3, -0.25) is 4.98 Å². The van der Waals surface area contributed by atoms with Gasteiger partial charge in [0.05, 0.1) is 11.9 Å². The highest BCUT2D eigenvalue weighted by molar-refractivity contribution is 6.02. The molecule has 0 amide bonds. The van der Waals surface area contributed by atoms with E-state index < -0.39 is 0 Å². The second-order valence-electron chi connectivity index (χ2n) is 5.23. The Morgan fingerprint density at radius 2 is 2.11 bits per heavy atom. The van der Waals surface area contributed by atoms with Crippen LogP contribution in [0.5, 0.6) is 0 Å². The summed E-state index contributed by atoms with van der Waals surface area (Å²) in [7, 11) is 0. The maximum Gasteiger partial charge on any atom is 0.172 e. The Morgan fingerprint density at radius 3 is 2.78 bits per heavy atom. The summed E-state index contributed by atoms with van der Waals surface area (Å²) in [6.07, 6.45) is 7.52. The van der Waals surface area contributed by atoms with Crippen LogP contribution in [0.25, 0.3) is 0 Å². The van der Waals surface area contributed by atoms with Crippen LogP contribution in [0.1, 0.15) is 24.8 Å². The van der Waals surface area contributed by atoms with Gasteiger partial charge in [-0.05, 0) is 30.7 Å². The fraction of sp³-hybridized carbons (Fsp3) is 0.538. The average Bonchev–Trinajstić information content (AvgIpc) is 2.98. The fourth-order valence-corrected chi connectivity index (χ4v) is 3.34. The Kier molecular flexibility index (Phi) is 2.81. The number of amidine groups is 1. The Balaban J connectivity index is 1.89. The van der Waals surface area contributed by atoms with Crippen LogP contribution < -0.4 is 10.6 Å². The summed E-state index contributed by atoms with van der Waals surface area (Å²) in [5.74, 6) is 1.78. The van der Waals surface area contributed by atoms with Gasteiger partial charge >= 0.3 is 0 Å². The monoisotopic (exact) mass is 246 g/mol. The standard InChI is InChI=1S/C13H18N4O/c14-13(16-18)11-4-5-15-6-12(11)17-7-9-2-1-3-10(9)8-17/h4-6,9-10,18H,1-3,7-8H2,(H2,14,16). The van der Waals surface area contributed by atoms with E-state index in [0.717, 1.165) is 36.2 Å². The SMILES string of the molecule is N/C(=N/O)c1ccncc1N1CC2CCCC2C1. The number of rotatable bonds is 2. The number of hydrogen-bond donors (Lipinski definition) is 2. The molecule has 2 aliphatic rings. The first-order valence-electron chi connectivity index (χ1n) is 6.46. The topological polar surface area (TPSA) is 74.7 Å². The fourth-order valence-electron chi connectivity index (χ4n) is 3.34. The molecular formula is C13H18N4O. The van der Waals surface area contributed by atoms with Crippen molar-refractivity contribution in [1.82, 2.24) is 4.98 Å². The van der Waals surface area contributed by atoms with Crippen molar-refractivity contribution >= 4 is 11.5 Å². The highest BCUT2D eigenvalue weighted by atomic mass is 16.4. The van der Waals surface area contributed by atoms with Crippen LogP contribution in [0.2, 0.25) is 0 Å². The molecule has 1 aliphatic heterocycles. The van der Waals surface area contributed by atoms with Crippen LogP contribution in [-0.4, -0.2) is 29.1 Å². The van der Waals surface area contributed by atoms with Crippen LogP contribution in [0.15, 0.2) is 23.6 Å². The Morgan fingerprint density at radius 1 is 1.39 bits per heavy atom. The number of fused-ring (bicyclic) bond motifs is 1. The highest BCUT2D eigenvalue weighted by Gasteiger charge is 2.36. The summed E-state index contributed by atoms with van der Waals surface area (Å²) in [4.78, 5) is 6.49. The largest absolute Gasteiger partial charge is 0.409 e. The molecule has 1 saturated heterocycles. The van der Waals surface area contributed by atoms with E-state index in [1.165, 1.54) is 19.3 Å². The van der Waals surface area contributed by atoms with Gasteiger partial charge in [-0.15, -0.1) is 0 Å². The molecule has 0 radical (unpaired) electrons. The van der Waals surface area contributed by atoms with Crippen molar-refractivity contribution in [1.29, 1.82) is 0 Å². The molecule has 5 heteroatoms. The van der Waals surface area contributed by atoms with Gasteiger partial charge in [0.25, 0.3) is 0 Å². The summed E-state index contributed by atoms with van der Waals surface area (Å²) in [5, 5.41) is 11.9. The smallest absolute Gasteiger partial charge is 0.172 e. The number of anilines is 1. The van der Waals surface area contributed by atoms with Crippen molar-refractivity contribution in [3.63, 3.8) is 0 Å². The summed E-state index contributed by atoms with van der Waals surface area (Å²) < 4.78 is 0. The number of nitrogens with two attached hydrogens (primary N) is 1. The summed E-state index contributed by atoms with van der Waals surface area (Å²) in [6, 6.07) is 1.80. The maximum absolute atomic E-state index is 8.84. The molecule has 1 aromatic heterocycles. The molecule has 96 valence electrons. The zero-order valence-corrected chi connectivity index (χ0v) is 10.3. The molecule has 1 aromatic rings. The van der Waals surface area contributed by atoms with E-state index in [-0.39, 0.29) is 5.84 Å². The summed E-state index contributed by atoms with van der Waals surface area (Å²) >= 11 is 0. The third-order valence-corrected chi connectivity index (χ3v) is 4.25. The number of hydrogen-bond acceptors (Lipinski definition) is 4. The van der Waals surface area contributed by atoms with Gasteiger partial charge in [-0.2, -0.15) is 0 Å². The van der Waals surface area contributed by atoms with Crippen LogP contribution in [0.4, 0.5) is 5.69 Å². The zero-order valence-electron chi connectivity index (χ0n) is 10.3. The van der Waals surface area contributed by atoms with Gasteiger partial charge < -0.3 is 15.8 Å². The van der Waals surface area contributed by atoms with Crippen molar-refractivity contribution < 1.29 is 5.21 Å². The lowest BCUT2D eigenvalue weighted by atomic mass is 10.0. The minimum absolute atomic E-state index is 0.157. The van der Waals surface area contributed by atoms with E-state index in [1.54, 1.807) is 12.3 Å². The van der Waals surface area contributed by atoms with Crippen LogP contribution >= 0.6 is 0 Å². The van der Waals surface area contributed by atoms with Gasteiger partial charge in [-0.25, -0.2) is 0 Å². The predicted octanol–water partition coefficient (Wildman–Crippen LogP) is 1.41. The Bertz CT molecular complexity index is 462. The third kappa shape index (κ3) is 1.79. The first-order chi connectivity index (χ1) is 8.79. The second kappa shape index (κ2) is 4.48. The third-order valence-electron chi connectivity index (χ3n) is 4.25. The lowest BCUT2D eigenvalue weighted by molar-refractivity contribution is 0.318. The Hall–Kier alpha value is -1.78. The van der Waals surface area contributed by atoms with Gasteiger partial charge in [-0.1, -0.05) is 11.6 Å².